The molecule has 0 aromatic heterocycles. The summed E-state index contributed by atoms with van der Waals surface area (Å²) in [5.74, 6) is 1.26. The fourth-order valence-corrected chi connectivity index (χ4v) is 2.34. The predicted molar refractivity (Wildman–Crippen MR) is 82.6 cm³/mol. The van der Waals surface area contributed by atoms with E-state index in [1.807, 2.05) is 18.2 Å². The number of hydrogen-bond donors (Lipinski definition) is 1. The fraction of sp³-hybridized carbons (Fsp3) is 0.471. The highest BCUT2D eigenvalue weighted by atomic mass is 16.5. The van der Waals surface area contributed by atoms with Gasteiger partial charge in [-0.15, -0.1) is 0 Å². The average molecular weight is 289 g/mol. The summed E-state index contributed by atoms with van der Waals surface area (Å²) in [4.78, 5) is 12.0. The van der Waals surface area contributed by atoms with Crippen LogP contribution in [0, 0.1) is 0 Å². The molecule has 1 unspecified atom stereocenters. The van der Waals surface area contributed by atoms with Gasteiger partial charge in [0, 0.05) is 12.6 Å². The Kier molecular flexibility index (Phi) is 5.67. The normalized spacial score (nSPS) is 15.8. The van der Waals surface area contributed by atoms with Gasteiger partial charge in [0.2, 0.25) is 0 Å². The van der Waals surface area contributed by atoms with E-state index >= 15 is 0 Å². The van der Waals surface area contributed by atoms with Crippen LogP contribution in [-0.2, 0) is 4.79 Å². The van der Waals surface area contributed by atoms with Crippen molar-refractivity contribution in [3.8, 4) is 11.5 Å². The minimum Gasteiger partial charge on any atom is -0.497 e. The number of allylic oxidation sites excluding steroid dienone is 1. The van der Waals surface area contributed by atoms with E-state index in [0.717, 1.165) is 12.8 Å². The highest BCUT2D eigenvalue weighted by molar-refractivity contribution is 5.80. The van der Waals surface area contributed by atoms with E-state index < -0.39 is 6.10 Å². The number of rotatable bonds is 6. The molecule has 1 aliphatic rings. The van der Waals surface area contributed by atoms with Crippen LogP contribution in [0.15, 0.2) is 35.9 Å². The lowest BCUT2D eigenvalue weighted by Crippen LogP contribution is -2.37. The molecule has 1 aromatic rings. The molecule has 1 atom stereocenters. The number of carbonyl (C=O) groups is 1. The Morgan fingerprint density at radius 3 is 2.86 bits per heavy atom. The monoisotopic (exact) mass is 289 g/mol. The van der Waals surface area contributed by atoms with Crippen molar-refractivity contribution in [2.45, 2.75) is 38.7 Å². The molecule has 0 saturated heterocycles. The average Bonchev–Trinajstić information content (AvgIpc) is 2.53. The lowest BCUT2D eigenvalue weighted by atomic mass is 10.00. The molecule has 114 valence electrons. The molecule has 0 aliphatic heterocycles. The number of amides is 1. The third-order valence-electron chi connectivity index (χ3n) is 3.60. The van der Waals surface area contributed by atoms with Gasteiger partial charge < -0.3 is 14.8 Å². The van der Waals surface area contributed by atoms with Crippen LogP contribution in [0.5, 0.6) is 11.5 Å². The molecular weight excluding hydrogens is 266 g/mol. The number of methoxy groups -OCH3 is 1. The van der Waals surface area contributed by atoms with Gasteiger partial charge >= 0.3 is 0 Å². The maximum absolute atomic E-state index is 12.0. The molecular formula is C17H23NO3. The van der Waals surface area contributed by atoms with Crippen LogP contribution in [0.25, 0.3) is 0 Å². The second-order valence-electron chi connectivity index (χ2n) is 5.27. The summed E-state index contributed by atoms with van der Waals surface area (Å²) in [7, 11) is 1.60. The van der Waals surface area contributed by atoms with Crippen LogP contribution < -0.4 is 14.8 Å². The minimum absolute atomic E-state index is 0.0932. The van der Waals surface area contributed by atoms with Gasteiger partial charge in [0.25, 0.3) is 5.91 Å². The summed E-state index contributed by atoms with van der Waals surface area (Å²) in [5.41, 5.74) is 1.32. The maximum Gasteiger partial charge on any atom is 0.261 e. The lowest BCUT2D eigenvalue weighted by molar-refractivity contribution is -0.127. The number of carbonyl (C=O) groups excluding carboxylic acids is 1. The van der Waals surface area contributed by atoms with E-state index in [9.17, 15) is 4.79 Å². The topological polar surface area (TPSA) is 47.6 Å². The van der Waals surface area contributed by atoms with E-state index in [2.05, 4.69) is 11.4 Å². The van der Waals surface area contributed by atoms with E-state index in [0.29, 0.717) is 18.0 Å². The van der Waals surface area contributed by atoms with E-state index in [1.165, 1.54) is 18.4 Å². The first kappa shape index (κ1) is 15.4. The molecule has 0 radical (unpaired) electrons. The Labute approximate surface area is 126 Å². The third-order valence-corrected chi connectivity index (χ3v) is 3.60. The molecule has 21 heavy (non-hydrogen) atoms. The predicted octanol–water partition coefficient (Wildman–Crippen LogP) is 3.08. The van der Waals surface area contributed by atoms with Crippen molar-refractivity contribution in [1.82, 2.24) is 5.32 Å². The van der Waals surface area contributed by atoms with Gasteiger partial charge in [0.15, 0.2) is 6.10 Å². The standard InChI is InChI=1S/C17H23NO3/c1-13(21-16-10-6-9-15(11-16)20-2)17(19)18-12-14-7-4-3-5-8-14/h6-7,9-11,13H,3-5,8,12H2,1-2H3,(H,18,19). The van der Waals surface area contributed by atoms with Crippen molar-refractivity contribution in [1.29, 1.82) is 0 Å². The van der Waals surface area contributed by atoms with Crippen molar-refractivity contribution in [3.63, 3.8) is 0 Å². The zero-order valence-electron chi connectivity index (χ0n) is 12.7. The summed E-state index contributed by atoms with van der Waals surface area (Å²) >= 11 is 0. The minimum atomic E-state index is -0.527. The smallest absolute Gasteiger partial charge is 0.261 e. The van der Waals surface area contributed by atoms with Crippen LogP contribution in [0.3, 0.4) is 0 Å². The molecule has 1 N–H and O–H groups in total. The molecule has 2 rings (SSSR count). The summed E-state index contributed by atoms with van der Waals surface area (Å²) in [6, 6.07) is 7.27. The zero-order valence-corrected chi connectivity index (χ0v) is 12.7. The molecule has 1 aliphatic carbocycles. The first-order valence-corrected chi connectivity index (χ1v) is 7.45. The Balaban J connectivity index is 1.82. The van der Waals surface area contributed by atoms with E-state index in [4.69, 9.17) is 9.47 Å². The highest BCUT2D eigenvalue weighted by Crippen LogP contribution is 2.20. The maximum atomic E-state index is 12.0. The second-order valence-corrected chi connectivity index (χ2v) is 5.27. The van der Waals surface area contributed by atoms with Crippen molar-refractivity contribution < 1.29 is 14.3 Å². The first-order valence-electron chi connectivity index (χ1n) is 7.45. The van der Waals surface area contributed by atoms with Gasteiger partial charge in [0.1, 0.15) is 11.5 Å². The Hall–Kier alpha value is -1.97. The molecule has 1 amide bonds. The fourth-order valence-electron chi connectivity index (χ4n) is 2.34. The SMILES string of the molecule is COc1cccc(OC(C)C(=O)NCC2=CCCCC2)c1. The Bertz CT molecular complexity index is 511. The van der Waals surface area contributed by atoms with Gasteiger partial charge in [0.05, 0.1) is 7.11 Å². The molecule has 0 spiro atoms. The lowest BCUT2D eigenvalue weighted by Gasteiger charge is -2.17. The largest absolute Gasteiger partial charge is 0.497 e. The van der Waals surface area contributed by atoms with Crippen molar-refractivity contribution in [2.75, 3.05) is 13.7 Å². The molecule has 0 fully saturated rings. The molecule has 4 nitrogen and oxygen atoms in total. The van der Waals surface area contributed by atoms with E-state index in [1.54, 1.807) is 20.1 Å². The summed E-state index contributed by atoms with van der Waals surface area (Å²) in [6.07, 6.45) is 6.40. The molecule has 1 aromatic carbocycles. The molecule has 0 saturated carbocycles. The number of ether oxygens (including phenoxy) is 2. The van der Waals surface area contributed by atoms with Gasteiger partial charge in [-0.05, 0) is 44.7 Å². The first-order chi connectivity index (χ1) is 10.2. The van der Waals surface area contributed by atoms with Crippen LogP contribution >= 0.6 is 0 Å². The van der Waals surface area contributed by atoms with Crippen molar-refractivity contribution >= 4 is 5.91 Å². The van der Waals surface area contributed by atoms with Crippen LogP contribution in [0.2, 0.25) is 0 Å². The quantitative estimate of drug-likeness (QED) is 0.819. The van der Waals surface area contributed by atoms with Crippen LogP contribution in [0.1, 0.15) is 32.6 Å². The molecule has 0 heterocycles. The Morgan fingerprint density at radius 1 is 1.33 bits per heavy atom. The van der Waals surface area contributed by atoms with Gasteiger partial charge in [-0.25, -0.2) is 0 Å². The van der Waals surface area contributed by atoms with Gasteiger partial charge in [-0.1, -0.05) is 17.7 Å². The Morgan fingerprint density at radius 2 is 2.14 bits per heavy atom. The zero-order chi connectivity index (χ0) is 15.1. The van der Waals surface area contributed by atoms with Crippen LogP contribution in [0.4, 0.5) is 0 Å². The highest BCUT2D eigenvalue weighted by Gasteiger charge is 2.15. The number of nitrogens with one attached hydrogen (secondary N) is 1. The number of hydrogen-bond acceptors (Lipinski definition) is 3. The third kappa shape index (κ3) is 4.81. The summed E-state index contributed by atoms with van der Waals surface area (Å²) in [6.45, 7) is 2.38. The van der Waals surface area contributed by atoms with E-state index in [-0.39, 0.29) is 5.91 Å². The van der Waals surface area contributed by atoms with Crippen molar-refractivity contribution in [2.24, 2.45) is 0 Å². The molecule has 0 bridgehead atoms. The second kappa shape index (κ2) is 7.72. The summed E-state index contributed by atoms with van der Waals surface area (Å²) in [5, 5.41) is 2.94. The van der Waals surface area contributed by atoms with Crippen molar-refractivity contribution in [3.05, 3.63) is 35.9 Å². The van der Waals surface area contributed by atoms with Gasteiger partial charge in [-0.2, -0.15) is 0 Å². The van der Waals surface area contributed by atoms with Gasteiger partial charge in [-0.3, -0.25) is 4.79 Å². The summed E-state index contributed by atoms with van der Waals surface area (Å²) < 4.78 is 10.8. The molecule has 4 heteroatoms. The van der Waals surface area contributed by atoms with Crippen LogP contribution in [-0.4, -0.2) is 25.7 Å². The number of benzene rings is 1.